The summed E-state index contributed by atoms with van der Waals surface area (Å²) in [7, 11) is 0. The lowest BCUT2D eigenvalue weighted by atomic mass is 10.1. The van der Waals surface area contributed by atoms with Gasteiger partial charge in [0.05, 0.1) is 12.1 Å². The molecule has 0 aliphatic heterocycles. The third-order valence-electron chi connectivity index (χ3n) is 2.96. The average molecular weight is 251 g/mol. The van der Waals surface area contributed by atoms with Gasteiger partial charge in [0.25, 0.3) is 0 Å². The first kappa shape index (κ1) is 11.5. The van der Waals surface area contributed by atoms with Gasteiger partial charge in [0.2, 0.25) is 5.91 Å². The van der Waals surface area contributed by atoms with Gasteiger partial charge in [0.15, 0.2) is 5.82 Å². The number of hydrogen-bond acceptors (Lipinski definition) is 2. The largest absolute Gasteiger partial charge is 0.343 e. The topological polar surface area (TPSA) is 50.7 Å². The molecule has 2 aromatic heterocycles. The maximum atomic E-state index is 12.3. The number of nitrogens with one attached hydrogen (secondary N) is 1. The zero-order valence-electron chi connectivity index (χ0n) is 10.3. The molecular formula is C15H13N3O. The third-order valence-corrected chi connectivity index (χ3v) is 2.96. The second kappa shape index (κ2) is 4.94. The minimum absolute atomic E-state index is 0.0302. The second-order valence-electron chi connectivity index (χ2n) is 4.26. The Morgan fingerprint density at radius 1 is 1.16 bits per heavy atom. The van der Waals surface area contributed by atoms with Crippen LogP contribution in [0.25, 0.3) is 11.5 Å². The Bertz CT molecular complexity index is 669. The molecule has 0 amide bonds. The summed E-state index contributed by atoms with van der Waals surface area (Å²) < 4.78 is 1.63. The van der Waals surface area contributed by atoms with Gasteiger partial charge in [-0.15, -0.1) is 0 Å². The summed E-state index contributed by atoms with van der Waals surface area (Å²) in [5, 5.41) is 0. The number of carbonyl (C=O) groups excluding carboxylic acids is 1. The number of hydrogen-bond donors (Lipinski definition) is 1. The van der Waals surface area contributed by atoms with E-state index in [4.69, 9.17) is 0 Å². The summed E-state index contributed by atoms with van der Waals surface area (Å²) in [6.07, 6.45) is 5.56. The third kappa shape index (κ3) is 2.33. The van der Waals surface area contributed by atoms with E-state index in [0.717, 1.165) is 11.3 Å². The molecule has 0 spiro atoms. The smallest absolute Gasteiger partial charge is 0.235 e. The van der Waals surface area contributed by atoms with E-state index in [-0.39, 0.29) is 5.91 Å². The zero-order chi connectivity index (χ0) is 13.1. The summed E-state index contributed by atoms with van der Waals surface area (Å²) >= 11 is 0. The van der Waals surface area contributed by atoms with Gasteiger partial charge >= 0.3 is 0 Å². The minimum Gasteiger partial charge on any atom is -0.343 e. The zero-order valence-corrected chi connectivity index (χ0v) is 10.3. The first-order valence-corrected chi connectivity index (χ1v) is 6.09. The fourth-order valence-corrected chi connectivity index (χ4v) is 2.05. The van der Waals surface area contributed by atoms with Gasteiger partial charge in [-0.25, -0.2) is 4.98 Å². The van der Waals surface area contributed by atoms with E-state index in [2.05, 4.69) is 9.97 Å². The van der Waals surface area contributed by atoms with E-state index >= 15 is 0 Å². The molecular weight excluding hydrogens is 238 g/mol. The van der Waals surface area contributed by atoms with Crippen LogP contribution in [0.1, 0.15) is 10.4 Å². The molecule has 4 nitrogen and oxygen atoms in total. The SMILES string of the molecule is O=C(Cc1ccccc1)n1cccc1-c1ncc[nH]1. The van der Waals surface area contributed by atoms with Gasteiger partial charge in [-0.1, -0.05) is 30.3 Å². The lowest BCUT2D eigenvalue weighted by Crippen LogP contribution is -2.13. The lowest BCUT2D eigenvalue weighted by Gasteiger charge is -2.06. The van der Waals surface area contributed by atoms with Crippen LogP contribution in [0.4, 0.5) is 0 Å². The summed E-state index contributed by atoms with van der Waals surface area (Å²) in [6.45, 7) is 0. The molecule has 1 N–H and O–H groups in total. The lowest BCUT2D eigenvalue weighted by molar-refractivity contribution is 0.0916. The molecule has 1 aromatic carbocycles. The number of benzene rings is 1. The molecule has 3 aromatic rings. The van der Waals surface area contributed by atoms with Gasteiger partial charge in [0, 0.05) is 18.6 Å². The highest BCUT2D eigenvalue weighted by molar-refractivity contribution is 5.85. The van der Waals surface area contributed by atoms with E-state index in [1.165, 1.54) is 0 Å². The molecule has 94 valence electrons. The van der Waals surface area contributed by atoms with Crippen molar-refractivity contribution in [3.63, 3.8) is 0 Å². The highest BCUT2D eigenvalue weighted by Gasteiger charge is 2.12. The Labute approximate surface area is 110 Å². The van der Waals surface area contributed by atoms with E-state index in [0.29, 0.717) is 12.2 Å². The molecule has 0 aliphatic rings. The van der Waals surface area contributed by atoms with Crippen molar-refractivity contribution in [2.45, 2.75) is 6.42 Å². The Morgan fingerprint density at radius 2 is 2.00 bits per heavy atom. The Hall–Kier alpha value is -2.62. The molecule has 0 bridgehead atoms. The van der Waals surface area contributed by atoms with Crippen LogP contribution < -0.4 is 0 Å². The summed E-state index contributed by atoms with van der Waals surface area (Å²) in [6, 6.07) is 13.4. The summed E-state index contributed by atoms with van der Waals surface area (Å²) in [5.74, 6) is 0.731. The quantitative estimate of drug-likeness (QED) is 0.778. The molecule has 0 radical (unpaired) electrons. The summed E-state index contributed by atoms with van der Waals surface area (Å²) in [5.41, 5.74) is 1.79. The van der Waals surface area contributed by atoms with Gasteiger partial charge in [-0.2, -0.15) is 0 Å². The predicted octanol–water partition coefficient (Wildman–Crippen LogP) is 2.76. The number of aromatic nitrogens is 3. The van der Waals surface area contributed by atoms with Crippen molar-refractivity contribution in [2.75, 3.05) is 0 Å². The van der Waals surface area contributed by atoms with Crippen LogP contribution in [-0.2, 0) is 6.42 Å². The van der Waals surface area contributed by atoms with Crippen LogP contribution in [0.2, 0.25) is 0 Å². The van der Waals surface area contributed by atoms with E-state index in [1.54, 1.807) is 23.2 Å². The Balaban J connectivity index is 1.87. The predicted molar refractivity (Wildman–Crippen MR) is 72.8 cm³/mol. The maximum absolute atomic E-state index is 12.3. The van der Waals surface area contributed by atoms with Crippen molar-refractivity contribution < 1.29 is 4.79 Å². The molecule has 4 heteroatoms. The first-order valence-electron chi connectivity index (χ1n) is 6.09. The molecule has 0 atom stereocenters. The van der Waals surface area contributed by atoms with E-state index in [1.807, 2.05) is 42.5 Å². The van der Waals surface area contributed by atoms with E-state index < -0.39 is 0 Å². The van der Waals surface area contributed by atoms with Crippen molar-refractivity contribution in [2.24, 2.45) is 0 Å². The fourth-order valence-electron chi connectivity index (χ4n) is 2.05. The highest BCUT2D eigenvalue weighted by atomic mass is 16.2. The van der Waals surface area contributed by atoms with Crippen LogP contribution in [0.3, 0.4) is 0 Å². The number of carbonyl (C=O) groups is 1. The fraction of sp³-hybridized carbons (Fsp3) is 0.0667. The number of H-pyrrole nitrogens is 1. The van der Waals surface area contributed by atoms with Crippen molar-refractivity contribution in [3.05, 3.63) is 66.6 Å². The molecule has 0 aliphatic carbocycles. The molecule has 2 heterocycles. The Kier molecular flexibility index (Phi) is 2.98. The standard InChI is InChI=1S/C15H13N3O/c19-14(11-12-5-2-1-3-6-12)18-10-4-7-13(18)15-16-8-9-17-15/h1-10H,11H2,(H,16,17). The normalized spacial score (nSPS) is 10.5. The van der Waals surface area contributed by atoms with Crippen molar-refractivity contribution in [1.29, 1.82) is 0 Å². The van der Waals surface area contributed by atoms with Crippen LogP contribution in [0.15, 0.2) is 61.1 Å². The van der Waals surface area contributed by atoms with Gasteiger partial charge < -0.3 is 4.98 Å². The number of nitrogens with zero attached hydrogens (tertiary/aromatic N) is 2. The average Bonchev–Trinajstić information content (AvgIpc) is 3.10. The van der Waals surface area contributed by atoms with Crippen LogP contribution in [-0.4, -0.2) is 20.4 Å². The van der Waals surface area contributed by atoms with Crippen molar-refractivity contribution in [1.82, 2.24) is 14.5 Å². The molecule has 3 rings (SSSR count). The first-order chi connectivity index (χ1) is 9.34. The minimum atomic E-state index is 0.0302. The van der Waals surface area contributed by atoms with E-state index in [9.17, 15) is 4.79 Å². The van der Waals surface area contributed by atoms with Crippen LogP contribution in [0, 0.1) is 0 Å². The highest BCUT2D eigenvalue weighted by Crippen LogP contribution is 2.16. The molecule has 0 unspecified atom stereocenters. The Morgan fingerprint density at radius 3 is 2.74 bits per heavy atom. The number of rotatable bonds is 3. The van der Waals surface area contributed by atoms with Gasteiger partial charge in [0.1, 0.15) is 0 Å². The van der Waals surface area contributed by atoms with Gasteiger partial charge in [-0.05, 0) is 17.7 Å². The maximum Gasteiger partial charge on any atom is 0.235 e. The molecule has 0 saturated carbocycles. The number of imidazole rings is 1. The molecule has 0 saturated heterocycles. The monoisotopic (exact) mass is 251 g/mol. The second-order valence-corrected chi connectivity index (χ2v) is 4.26. The summed E-state index contributed by atoms with van der Waals surface area (Å²) in [4.78, 5) is 19.5. The van der Waals surface area contributed by atoms with Crippen LogP contribution in [0.5, 0.6) is 0 Å². The molecule has 0 fully saturated rings. The van der Waals surface area contributed by atoms with Crippen molar-refractivity contribution in [3.8, 4) is 11.5 Å². The molecule has 19 heavy (non-hydrogen) atoms. The van der Waals surface area contributed by atoms with Gasteiger partial charge in [-0.3, -0.25) is 9.36 Å². The number of aromatic amines is 1. The van der Waals surface area contributed by atoms with Crippen molar-refractivity contribution >= 4 is 5.91 Å². The van der Waals surface area contributed by atoms with Crippen LogP contribution >= 0.6 is 0 Å².